The monoisotopic (exact) mass is 449 g/mol. The zero-order valence-corrected chi connectivity index (χ0v) is 19.1. The minimum Gasteiger partial charge on any atom is -0.326 e. The number of anilines is 2. The highest BCUT2D eigenvalue weighted by Crippen LogP contribution is 2.19. The third kappa shape index (κ3) is 6.55. The zero-order valence-electron chi connectivity index (χ0n) is 18.3. The second-order valence-corrected chi connectivity index (χ2v) is 8.22. The fourth-order valence-corrected chi connectivity index (χ4v) is 3.86. The van der Waals surface area contributed by atoms with Crippen molar-refractivity contribution in [3.05, 3.63) is 78.1 Å². The summed E-state index contributed by atoms with van der Waals surface area (Å²) in [6.07, 6.45) is 2.74. The summed E-state index contributed by atoms with van der Waals surface area (Å²) in [6, 6.07) is 15.4. The van der Waals surface area contributed by atoms with Crippen LogP contribution in [0.1, 0.15) is 23.9 Å². The lowest BCUT2D eigenvalue weighted by Gasteiger charge is -2.09. The van der Waals surface area contributed by atoms with Crippen LogP contribution in [-0.4, -0.2) is 32.3 Å². The van der Waals surface area contributed by atoms with Crippen molar-refractivity contribution in [1.29, 1.82) is 0 Å². The van der Waals surface area contributed by atoms with E-state index in [1.165, 1.54) is 17.3 Å². The summed E-state index contributed by atoms with van der Waals surface area (Å²) in [7, 11) is 0. The van der Waals surface area contributed by atoms with E-state index in [9.17, 15) is 9.59 Å². The second kappa shape index (κ2) is 11.3. The number of thioether (sulfide) groups is 1. The molecule has 0 saturated carbocycles. The Kier molecular flexibility index (Phi) is 8.21. The molecule has 0 spiro atoms. The SMILES string of the molecule is C=CCn1c(CC(=O)Nc2cccc(C)c2)nnc1SCC(=O)Nc1ccc(CC)cc1. The highest BCUT2D eigenvalue weighted by Gasteiger charge is 2.16. The smallest absolute Gasteiger partial charge is 0.234 e. The number of carbonyl (C=O) groups excluding carboxylic acids is 2. The van der Waals surface area contributed by atoms with Crippen molar-refractivity contribution in [2.24, 2.45) is 0 Å². The first-order chi connectivity index (χ1) is 15.5. The van der Waals surface area contributed by atoms with E-state index in [-0.39, 0.29) is 24.0 Å². The maximum atomic E-state index is 12.5. The molecular weight excluding hydrogens is 422 g/mol. The Balaban J connectivity index is 1.60. The predicted molar refractivity (Wildman–Crippen MR) is 129 cm³/mol. The number of nitrogens with zero attached hydrogens (tertiary/aromatic N) is 3. The molecule has 8 heteroatoms. The molecule has 0 radical (unpaired) electrons. The summed E-state index contributed by atoms with van der Waals surface area (Å²) in [5, 5.41) is 14.7. The van der Waals surface area contributed by atoms with E-state index in [0.29, 0.717) is 17.5 Å². The Labute approximate surface area is 192 Å². The van der Waals surface area contributed by atoms with Gasteiger partial charge in [0, 0.05) is 17.9 Å². The summed E-state index contributed by atoms with van der Waals surface area (Å²) in [5.41, 5.74) is 3.78. The van der Waals surface area contributed by atoms with Crippen LogP contribution in [0.5, 0.6) is 0 Å². The molecule has 0 aliphatic carbocycles. The molecule has 2 aromatic carbocycles. The molecule has 3 aromatic rings. The second-order valence-electron chi connectivity index (χ2n) is 7.28. The molecule has 0 bridgehead atoms. The summed E-state index contributed by atoms with van der Waals surface area (Å²) >= 11 is 1.27. The van der Waals surface area contributed by atoms with Gasteiger partial charge in [0.15, 0.2) is 5.16 Å². The number of hydrogen-bond donors (Lipinski definition) is 2. The number of hydrogen-bond acceptors (Lipinski definition) is 5. The van der Waals surface area contributed by atoms with E-state index >= 15 is 0 Å². The molecule has 0 fully saturated rings. The van der Waals surface area contributed by atoms with Gasteiger partial charge in [-0.15, -0.1) is 16.8 Å². The lowest BCUT2D eigenvalue weighted by Crippen LogP contribution is -2.18. The van der Waals surface area contributed by atoms with Crippen LogP contribution in [0.25, 0.3) is 0 Å². The fourth-order valence-electron chi connectivity index (χ4n) is 3.09. The predicted octanol–water partition coefficient (Wildman–Crippen LogP) is 4.25. The van der Waals surface area contributed by atoms with E-state index in [1.807, 2.05) is 55.5 Å². The largest absolute Gasteiger partial charge is 0.326 e. The molecule has 0 unspecified atom stereocenters. The molecule has 1 heterocycles. The molecule has 0 aliphatic rings. The molecular formula is C24H27N5O2S. The highest BCUT2D eigenvalue weighted by molar-refractivity contribution is 7.99. The van der Waals surface area contributed by atoms with Crippen LogP contribution in [0.2, 0.25) is 0 Å². The van der Waals surface area contributed by atoms with E-state index in [1.54, 1.807) is 10.6 Å². The molecule has 3 rings (SSSR count). The highest BCUT2D eigenvalue weighted by atomic mass is 32.2. The number of aryl methyl sites for hydroxylation is 2. The molecule has 2 amide bonds. The van der Waals surface area contributed by atoms with Crippen molar-refractivity contribution < 1.29 is 9.59 Å². The van der Waals surface area contributed by atoms with Crippen molar-refractivity contribution >= 4 is 35.0 Å². The number of allylic oxidation sites excluding steroid dienone is 1. The van der Waals surface area contributed by atoms with Crippen molar-refractivity contribution in [2.45, 2.75) is 38.4 Å². The van der Waals surface area contributed by atoms with Crippen LogP contribution in [-0.2, 0) is 29.0 Å². The number of amides is 2. The van der Waals surface area contributed by atoms with Crippen molar-refractivity contribution in [3.8, 4) is 0 Å². The quantitative estimate of drug-likeness (QED) is 0.357. The Hall–Kier alpha value is -3.39. The third-order valence-electron chi connectivity index (χ3n) is 4.70. The number of aromatic nitrogens is 3. The van der Waals surface area contributed by atoms with Gasteiger partial charge in [-0.3, -0.25) is 9.59 Å². The topological polar surface area (TPSA) is 88.9 Å². The van der Waals surface area contributed by atoms with Gasteiger partial charge < -0.3 is 15.2 Å². The average molecular weight is 450 g/mol. The van der Waals surface area contributed by atoms with Crippen molar-refractivity contribution in [2.75, 3.05) is 16.4 Å². The minimum absolute atomic E-state index is 0.0747. The Bertz CT molecular complexity index is 1090. The number of benzene rings is 2. The molecule has 166 valence electrons. The van der Waals surface area contributed by atoms with E-state index < -0.39 is 0 Å². The molecule has 7 nitrogen and oxygen atoms in total. The van der Waals surface area contributed by atoms with Gasteiger partial charge in [-0.05, 0) is 48.7 Å². The maximum Gasteiger partial charge on any atom is 0.234 e. The number of nitrogens with one attached hydrogen (secondary N) is 2. The first-order valence-electron chi connectivity index (χ1n) is 10.4. The van der Waals surface area contributed by atoms with Gasteiger partial charge in [0.1, 0.15) is 5.82 Å². The Morgan fingerprint density at radius 1 is 1.06 bits per heavy atom. The van der Waals surface area contributed by atoms with Crippen LogP contribution >= 0.6 is 11.8 Å². The van der Waals surface area contributed by atoms with Gasteiger partial charge in [-0.2, -0.15) is 0 Å². The van der Waals surface area contributed by atoms with Gasteiger partial charge in [0.05, 0.1) is 12.2 Å². The van der Waals surface area contributed by atoms with Crippen LogP contribution in [0.15, 0.2) is 66.3 Å². The molecule has 0 saturated heterocycles. The molecule has 1 aromatic heterocycles. The van der Waals surface area contributed by atoms with Crippen LogP contribution < -0.4 is 10.6 Å². The average Bonchev–Trinajstić information content (AvgIpc) is 3.14. The van der Waals surface area contributed by atoms with Gasteiger partial charge in [0.25, 0.3) is 0 Å². The standard InChI is InChI=1S/C24H27N5O2S/c1-4-13-29-21(15-22(30)26-20-8-6-7-17(3)14-20)27-28-24(29)32-16-23(31)25-19-11-9-18(5-2)10-12-19/h4,6-12,14H,1,5,13,15-16H2,2-3H3,(H,25,31)(H,26,30). The zero-order chi connectivity index (χ0) is 22.9. The molecule has 0 atom stereocenters. The van der Waals surface area contributed by atoms with Gasteiger partial charge in [-0.1, -0.05) is 49.0 Å². The van der Waals surface area contributed by atoms with E-state index in [4.69, 9.17) is 0 Å². The summed E-state index contributed by atoms with van der Waals surface area (Å²) in [6.45, 7) is 8.28. The van der Waals surface area contributed by atoms with Gasteiger partial charge in [-0.25, -0.2) is 0 Å². The lowest BCUT2D eigenvalue weighted by atomic mass is 10.1. The molecule has 2 N–H and O–H groups in total. The van der Waals surface area contributed by atoms with Crippen LogP contribution in [0, 0.1) is 6.92 Å². The number of rotatable bonds is 10. The van der Waals surface area contributed by atoms with Crippen LogP contribution in [0.4, 0.5) is 11.4 Å². The van der Waals surface area contributed by atoms with E-state index in [2.05, 4.69) is 34.3 Å². The summed E-state index contributed by atoms with van der Waals surface area (Å²) in [5.74, 6) is 0.387. The van der Waals surface area contributed by atoms with Gasteiger partial charge in [0.2, 0.25) is 11.8 Å². The molecule has 32 heavy (non-hydrogen) atoms. The normalized spacial score (nSPS) is 10.6. The Morgan fingerprint density at radius 3 is 2.50 bits per heavy atom. The van der Waals surface area contributed by atoms with Crippen LogP contribution in [0.3, 0.4) is 0 Å². The molecule has 0 aliphatic heterocycles. The number of carbonyl (C=O) groups is 2. The fraction of sp³-hybridized carbons (Fsp3) is 0.250. The Morgan fingerprint density at radius 2 is 1.81 bits per heavy atom. The summed E-state index contributed by atoms with van der Waals surface area (Å²) < 4.78 is 1.80. The van der Waals surface area contributed by atoms with Gasteiger partial charge >= 0.3 is 0 Å². The third-order valence-corrected chi connectivity index (χ3v) is 5.67. The van der Waals surface area contributed by atoms with Crippen molar-refractivity contribution in [3.63, 3.8) is 0 Å². The minimum atomic E-state index is -0.182. The first-order valence-corrected chi connectivity index (χ1v) is 11.4. The first kappa shape index (κ1) is 23.3. The summed E-state index contributed by atoms with van der Waals surface area (Å²) in [4.78, 5) is 24.8. The van der Waals surface area contributed by atoms with Crippen molar-refractivity contribution in [1.82, 2.24) is 14.8 Å². The lowest BCUT2D eigenvalue weighted by molar-refractivity contribution is -0.116. The maximum absolute atomic E-state index is 12.5. The van der Waals surface area contributed by atoms with E-state index in [0.717, 1.165) is 23.4 Å².